The van der Waals surface area contributed by atoms with Crippen molar-refractivity contribution in [2.45, 2.75) is 27.7 Å². The second-order valence-electron chi connectivity index (χ2n) is 6.15. The summed E-state index contributed by atoms with van der Waals surface area (Å²) in [7, 11) is 0. The molecule has 25 heavy (non-hydrogen) atoms. The predicted octanol–water partition coefficient (Wildman–Crippen LogP) is 4.60. The Hall–Kier alpha value is -2.82. The van der Waals surface area contributed by atoms with Gasteiger partial charge in [0.1, 0.15) is 5.75 Å². The minimum atomic E-state index is -0.439. The van der Waals surface area contributed by atoms with Crippen LogP contribution in [0.4, 0.5) is 0 Å². The first-order valence-corrected chi connectivity index (χ1v) is 8.17. The second-order valence-corrected chi connectivity index (χ2v) is 6.15. The Morgan fingerprint density at radius 1 is 0.720 bits per heavy atom. The zero-order chi connectivity index (χ0) is 18.4. The summed E-state index contributed by atoms with van der Waals surface area (Å²) >= 11 is 0. The predicted molar refractivity (Wildman–Crippen MR) is 93.9 cm³/mol. The van der Waals surface area contributed by atoms with Crippen molar-refractivity contribution in [3.63, 3.8) is 0 Å². The van der Waals surface area contributed by atoms with Crippen LogP contribution in [0.15, 0.2) is 48.5 Å². The summed E-state index contributed by atoms with van der Waals surface area (Å²) in [5.74, 6) is -0.374. The molecule has 0 saturated carbocycles. The van der Waals surface area contributed by atoms with Crippen molar-refractivity contribution in [2.24, 2.45) is 11.8 Å². The molecule has 0 aromatic heterocycles. The molecule has 0 aliphatic rings. The van der Waals surface area contributed by atoms with E-state index in [4.69, 9.17) is 14.2 Å². The molecule has 0 amide bonds. The third-order valence-electron chi connectivity index (χ3n) is 3.27. The zero-order valence-corrected chi connectivity index (χ0v) is 14.8. The smallest absolute Gasteiger partial charge is 0.314 e. The Morgan fingerprint density at radius 2 is 1.28 bits per heavy atom. The van der Waals surface area contributed by atoms with Gasteiger partial charge >= 0.3 is 11.9 Å². The van der Waals surface area contributed by atoms with Gasteiger partial charge in [0.05, 0.1) is 11.8 Å². The molecular formula is C20H22O5. The monoisotopic (exact) mass is 342 g/mol. The average molecular weight is 342 g/mol. The minimum Gasteiger partial charge on any atom is -0.453 e. The van der Waals surface area contributed by atoms with Gasteiger partial charge in [-0.3, -0.25) is 9.59 Å². The van der Waals surface area contributed by atoms with Crippen molar-refractivity contribution in [1.29, 1.82) is 0 Å². The number of rotatable bonds is 6. The molecule has 0 bridgehead atoms. The van der Waals surface area contributed by atoms with E-state index >= 15 is 0 Å². The molecule has 132 valence electrons. The first kappa shape index (κ1) is 18.5. The highest BCUT2D eigenvalue weighted by Crippen LogP contribution is 2.40. The maximum Gasteiger partial charge on any atom is 0.314 e. The van der Waals surface area contributed by atoms with Gasteiger partial charge in [0, 0.05) is 0 Å². The number of hydrogen-bond donors (Lipinski definition) is 0. The van der Waals surface area contributed by atoms with Gasteiger partial charge < -0.3 is 14.2 Å². The van der Waals surface area contributed by atoms with Crippen LogP contribution in [0.3, 0.4) is 0 Å². The molecule has 0 atom stereocenters. The molecule has 0 saturated heterocycles. The van der Waals surface area contributed by atoms with Gasteiger partial charge in [-0.2, -0.15) is 0 Å². The van der Waals surface area contributed by atoms with Crippen LogP contribution in [0.25, 0.3) is 0 Å². The van der Waals surface area contributed by atoms with Gasteiger partial charge in [0.15, 0.2) is 11.5 Å². The van der Waals surface area contributed by atoms with Crippen LogP contribution >= 0.6 is 0 Å². The quantitative estimate of drug-likeness (QED) is 0.567. The highest BCUT2D eigenvalue weighted by atomic mass is 16.6. The summed E-state index contributed by atoms with van der Waals surface area (Å²) in [4.78, 5) is 24.0. The van der Waals surface area contributed by atoms with Crippen LogP contribution in [0.2, 0.25) is 0 Å². The van der Waals surface area contributed by atoms with Crippen LogP contribution in [0, 0.1) is 11.8 Å². The minimum absolute atomic E-state index is 0.0963. The van der Waals surface area contributed by atoms with E-state index in [-0.39, 0.29) is 23.3 Å². The molecule has 2 aromatic carbocycles. The number of benzene rings is 2. The van der Waals surface area contributed by atoms with Gasteiger partial charge in [-0.05, 0) is 24.3 Å². The van der Waals surface area contributed by atoms with Gasteiger partial charge in [-0.1, -0.05) is 52.0 Å². The number of esters is 2. The van der Waals surface area contributed by atoms with E-state index < -0.39 is 11.9 Å². The van der Waals surface area contributed by atoms with Gasteiger partial charge in [0.25, 0.3) is 0 Å². The van der Waals surface area contributed by atoms with E-state index in [0.717, 1.165) is 0 Å². The lowest BCUT2D eigenvalue weighted by Crippen LogP contribution is -2.18. The lowest BCUT2D eigenvalue weighted by atomic mass is 10.2. The zero-order valence-electron chi connectivity index (χ0n) is 14.8. The highest BCUT2D eigenvalue weighted by molar-refractivity contribution is 5.79. The number of para-hydroxylation sites is 2. The number of carbonyl (C=O) groups excluding carboxylic acids is 2. The highest BCUT2D eigenvalue weighted by Gasteiger charge is 2.21. The fraction of sp³-hybridized carbons (Fsp3) is 0.300. The summed E-state index contributed by atoms with van der Waals surface area (Å²) in [5.41, 5.74) is 0. The van der Waals surface area contributed by atoms with E-state index in [0.29, 0.717) is 11.5 Å². The van der Waals surface area contributed by atoms with E-state index in [1.165, 1.54) is 0 Å². The van der Waals surface area contributed by atoms with E-state index in [9.17, 15) is 9.59 Å². The summed E-state index contributed by atoms with van der Waals surface area (Å²) in [5, 5.41) is 0. The topological polar surface area (TPSA) is 61.8 Å². The van der Waals surface area contributed by atoms with E-state index in [2.05, 4.69) is 0 Å². The molecular weight excluding hydrogens is 320 g/mol. The third-order valence-corrected chi connectivity index (χ3v) is 3.27. The first-order valence-electron chi connectivity index (χ1n) is 8.17. The Bertz CT molecular complexity index is 735. The molecule has 2 aromatic rings. The molecule has 0 aliphatic heterocycles. The van der Waals surface area contributed by atoms with Crippen molar-refractivity contribution in [1.82, 2.24) is 0 Å². The molecule has 0 spiro atoms. The molecule has 5 heteroatoms. The van der Waals surface area contributed by atoms with Crippen LogP contribution in [0.5, 0.6) is 23.0 Å². The lowest BCUT2D eigenvalue weighted by molar-refractivity contribution is -0.140. The van der Waals surface area contributed by atoms with Gasteiger partial charge in [-0.25, -0.2) is 0 Å². The van der Waals surface area contributed by atoms with Crippen molar-refractivity contribution in [2.75, 3.05) is 0 Å². The SMILES string of the molecule is CC(C)C(=O)Oc1cccc(Oc2ccccc2)c1OC(=O)C(C)C. The molecule has 0 unspecified atom stereocenters. The second kappa shape index (κ2) is 8.33. The van der Waals surface area contributed by atoms with E-state index in [1.807, 2.05) is 18.2 Å². The lowest BCUT2D eigenvalue weighted by Gasteiger charge is -2.16. The van der Waals surface area contributed by atoms with Crippen molar-refractivity contribution in [3.8, 4) is 23.0 Å². The Morgan fingerprint density at radius 3 is 1.88 bits per heavy atom. The summed E-state index contributed by atoms with van der Waals surface area (Å²) in [6.07, 6.45) is 0. The fourth-order valence-electron chi connectivity index (χ4n) is 1.82. The maximum atomic E-state index is 12.1. The summed E-state index contributed by atoms with van der Waals surface area (Å²) < 4.78 is 16.6. The van der Waals surface area contributed by atoms with Crippen molar-refractivity contribution >= 4 is 11.9 Å². The molecule has 5 nitrogen and oxygen atoms in total. The Kier molecular flexibility index (Phi) is 6.17. The first-order chi connectivity index (χ1) is 11.9. The van der Waals surface area contributed by atoms with Crippen LogP contribution < -0.4 is 14.2 Å². The number of carbonyl (C=O) groups is 2. The molecule has 0 radical (unpaired) electrons. The van der Waals surface area contributed by atoms with Crippen LogP contribution in [-0.4, -0.2) is 11.9 Å². The van der Waals surface area contributed by atoms with Crippen molar-refractivity contribution < 1.29 is 23.8 Å². The Labute approximate surface area is 147 Å². The van der Waals surface area contributed by atoms with Gasteiger partial charge in [0.2, 0.25) is 5.75 Å². The normalized spacial score (nSPS) is 10.6. The Balaban J connectivity index is 2.39. The van der Waals surface area contributed by atoms with E-state index in [1.54, 1.807) is 58.0 Å². The van der Waals surface area contributed by atoms with Crippen LogP contribution in [-0.2, 0) is 9.59 Å². The third kappa shape index (κ3) is 5.08. The fourth-order valence-corrected chi connectivity index (χ4v) is 1.82. The van der Waals surface area contributed by atoms with Crippen molar-refractivity contribution in [3.05, 3.63) is 48.5 Å². The number of hydrogen-bond acceptors (Lipinski definition) is 5. The molecule has 0 N–H and O–H groups in total. The largest absolute Gasteiger partial charge is 0.453 e. The number of ether oxygens (including phenoxy) is 3. The molecule has 0 fully saturated rings. The van der Waals surface area contributed by atoms with Crippen LogP contribution in [0.1, 0.15) is 27.7 Å². The summed E-state index contributed by atoms with van der Waals surface area (Å²) in [6, 6.07) is 14.0. The summed E-state index contributed by atoms with van der Waals surface area (Å²) in [6.45, 7) is 6.91. The standard InChI is InChI=1S/C20H22O5/c1-13(2)19(21)24-17-12-8-11-16(18(17)25-20(22)14(3)4)23-15-9-6-5-7-10-15/h5-14H,1-4H3. The average Bonchev–Trinajstić information content (AvgIpc) is 2.58. The molecule has 2 rings (SSSR count). The molecule has 0 heterocycles. The molecule has 0 aliphatic carbocycles. The maximum absolute atomic E-state index is 12.1. The van der Waals surface area contributed by atoms with Gasteiger partial charge in [-0.15, -0.1) is 0 Å².